The molecule has 26 heavy (non-hydrogen) atoms. The molecule has 1 aromatic rings. The van der Waals surface area contributed by atoms with E-state index in [1.807, 2.05) is 19.9 Å². The van der Waals surface area contributed by atoms with Gasteiger partial charge in [0.1, 0.15) is 5.54 Å². The van der Waals surface area contributed by atoms with E-state index in [-0.39, 0.29) is 18.4 Å². The van der Waals surface area contributed by atoms with E-state index in [2.05, 4.69) is 5.32 Å². The normalized spacial score (nSPS) is 20.0. The van der Waals surface area contributed by atoms with Crippen molar-refractivity contribution >= 4 is 17.8 Å². The number of carbonyl (C=O) groups excluding carboxylic acids is 2. The first-order valence-corrected chi connectivity index (χ1v) is 9.19. The number of aliphatic carboxylic acids is 1. The number of nitrogens with one attached hydrogen (secondary N) is 1. The van der Waals surface area contributed by atoms with Gasteiger partial charge in [-0.05, 0) is 44.7 Å². The zero-order valence-electron chi connectivity index (χ0n) is 15.7. The molecule has 1 aliphatic heterocycles. The van der Waals surface area contributed by atoms with Gasteiger partial charge in [0.2, 0.25) is 5.91 Å². The largest absolute Gasteiger partial charge is 0.481 e. The predicted molar refractivity (Wildman–Crippen MR) is 98.8 cm³/mol. The van der Waals surface area contributed by atoms with E-state index in [1.54, 1.807) is 36.1 Å². The van der Waals surface area contributed by atoms with Gasteiger partial charge in [-0.3, -0.25) is 14.4 Å². The standard InChI is InChI=1S/C20H28N2O4/c1-4-20(5-2,18(25)26)14-21-17(24)19(3)12-9-13-22(19)16(23)15-10-7-6-8-11-15/h6-8,10-11H,4-5,9,12-14H2,1-3H3,(H,21,24)(H,25,26). The first-order valence-electron chi connectivity index (χ1n) is 9.19. The first-order chi connectivity index (χ1) is 12.3. The van der Waals surface area contributed by atoms with Crippen molar-refractivity contribution in [3.8, 4) is 0 Å². The fourth-order valence-corrected chi connectivity index (χ4v) is 3.58. The van der Waals surface area contributed by atoms with Gasteiger partial charge >= 0.3 is 5.97 Å². The van der Waals surface area contributed by atoms with Gasteiger partial charge in [0.25, 0.3) is 5.91 Å². The van der Waals surface area contributed by atoms with Crippen LogP contribution >= 0.6 is 0 Å². The van der Waals surface area contributed by atoms with Crippen LogP contribution in [0.2, 0.25) is 0 Å². The molecule has 1 atom stereocenters. The minimum Gasteiger partial charge on any atom is -0.481 e. The number of hydrogen-bond donors (Lipinski definition) is 2. The molecular weight excluding hydrogens is 332 g/mol. The molecule has 0 aliphatic carbocycles. The maximum atomic E-state index is 12.9. The van der Waals surface area contributed by atoms with E-state index >= 15 is 0 Å². The Labute approximate surface area is 154 Å². The summed E-state index contributed by atoms with van der Waals surface area (Å²) < 4.78 is 0. The molecule has 142 valence electrons. The van der Waals surface area contributed by atoms with E-state index in [4.69, 9.17) is 0 Å². The highest BCUT2D eigenvalue weighted by molar-refractivity contribution is 5.99. The third-order valence-corrected chi connectivity index (χ3v) is 5.79. The molecule has 2 N–H and O–H groups in total. The highest BCUT2D eigenvalue weighted by atomic mass is 16.4. The van der Waals surface area contributed by atoms with Gasteiger partial charge < -0.3 is 15.3 Å². The molecule has 1 fully saturated rings. The van der Waals surface area contributed by atoms with Gasteiger partial charge in [-0.15, -0.1) is 0 Å². The Morgan fingerprint density at radius 1 is 1.19 bits per heavy atom. The number of likely N-dealkylation sites (tertiary alicyclic amines) is 1. The van der Waals surface area contributed by atoms with E-state index in [0.717, 1.165) is 6.42 Å². The third kappa shape index (κ3) is 3.59. The summed E-state index contributed by atoms with van der Waals surface area (Å²) >= 11 is 0. The quantitative estimate of drug-likeness (QED) is 0.783. The molecular formula is C20H28N2O4. The van der Waals surface area contributed by atoms with Crippen LogP contribution in [0.4, 0.5) is 0 Å². The fourth-order valence-electron chi connectivity index (χ4n) is 3.58. The lowest BCUT2D eigenvalue weighted by Gasteiger charge is -2.35. The average Bonchev–Trinajstić information content (AvgIpc) is 3.05. The van der Waals surface area contributed by atoms with E-state index in [1.165, 1.54) is 0 Å². The molecule has 6 nitrogen and oxygen atoms in total. The Morgan fingerprint density at radius 3 is 2.35 bits per heavy atom. The molecule has 2 amide bonds. The average molecular weight is 360 g/mol. The number of carboxylic acid groups (broad SMARTS) is 1. The molecule has 1 heterocycles. The van der Waals surface area contributed by atoms with Crippen molar-refractivity contribution in [1.82, 2.24) is 10.2 Å². The Balaban J connectivity index is 2.16. The zero-order valence-corrected chi connectivity index (χ0v) is 15.7. The molecule has 0 bridgehead atoms. The summed E-state index contributed by atoms with van der Waals surface area (Å²) in [5.74, 6) is -1.36. The number of carbonyl (C=O) groups is 3. The van der Waals surface area contributed by atoms with Crippen molar-refractivity contribution in [2.24, 2.45) is 5.41 Å². The number of nitrogens with zero attached hydrogens (tertiary/aromatic N) is 1. The van der Waals surface area contributed by atoms with Crippen LogP contribution in [0.15, 0.2) is 30.3 Å². The minimum atomic E-state index is -0.973. The smallest absolute Gasteiger partial charge is 0.311 e. The Kier molecular flexibility index (Phi) is 6.05. The fraction of sp³-hybridized carbons (Fsp3) is 0.550. The number of hydrogen-bond acceptors (Lipinski definition) is 3. The lowest BCUT2D eigenvalue weighted by Crippen LogP contribution is -2.57. The summed E-state index contributed by atoms with van der Waals surface area (Å²) in [5, 5.41) is 12.4. The molecule has 1 aliphatic rings. The Hall–Kier alpha value is -2.37. The molecule has 0 radical (unpaired) electrons. The van der Waals surface area contributed by atoms with Crippen LogP contribution in [0, 0.1) is 5.41 Å². The number of rotatable bonds is 7. The highest BCUT2D eigenvalue weighted by Crippen LogP contribution is 2.32. The monoisotopic (exact) mass is 360 g/mol. The predicted octanol–water partition coefficient (Wildman–Crippen LogP) is 2.69. The van der Waals surface area contributed by atoms with Crippen LogP contribution in [0.5, 0.6) is 0 Å². The minimum absolute atomic E-state index is 0.0666. The van der Waals surface area contributed by atoms with Crippen LogP contribution in [0.1, 0.15) is 56.8 Å². The second-order valence-electron chi connectivity index (χ2n) is 7.18. The summed E-state index contributed by atoms with van der Waals surface area (Å²) in [6.45, 7) is 5.97. The maximum Gasteiger partial charge on any atom is 0.311 e. The van der Waals surface area contributed by atoms with Crippen LogP contribution in [0.25, 0.3) is 0 Å². The van der Waals surface area contributed by atoms with E-state index < -0.39 is 16.9 Å². The lowest BCUT2D eigenvalue weighted by atomic mass is 9.82. The first kappa shape index (κ1) is 19.9. The zero-order chi connectivity index (χ0) is 19.4. The molecule has 0 aromatic heterocycles. The number of carboxylic acids is 1. The molecule has 1 saturated heterocycles. The summed E-state index contributed by atoms with van der Waals surface area (Å²) in [7, 11) is 0. The summed E-state index contributed by atoms with van der Waals surface area (Å²) in [4.78, 5) is 39.0. The maximum absolute atomic E-state index is 12.9. The van der Waals surface area contributed by atoms with Gasteiger partial charge in [0, 0.05) is 18.7 Å². The topological polar surface area (TPSA) is 86.7 Å². The number of amides is 2. The van der Waals surface area contributed by atoms with E-state index in [9.17, 15) is 19.5 Å². The van der Waals surface area contributed by atoms with Gasteiger partial charge in [0.15, 0.2) is 0 Å². The van der Waals surface area contributed by atoms with Crippen LogP contribution in [0.3, 0.4) is 0 Å². The third-order valence-electron chi connectivity index (χ3n) is 5.79. The molecule has 2 rings (SSSR count). The van der Waals surface area contributed by atoms with Crippen LogP contribution in [-0.4, -0.2) is 46.4 Å². The van der Waals surface area contributed by atoms with Gasteiger partial charge in [-0.2, -0.15) is 0 Å². The van der Waals surface area contributed by atoms with Crippen molar-refractivity contribution in [1.29, 1.82) is 0 Å². The van der Waals surface area contributed by atoms with Crippen LogP contribution < -0.4 is 5.32 Å². The Morgan fingerprint density at radius 2 is 1.81 bits per heavy atom. The van der Waals surface area contributed by atoms with E-state index in [0.29, 0.717) is 31.4 Å². The molecule has 0 saturated carbocycles. The van der Waals surface area contributed by atoms with Crippen molar-refractivity contribution in [2.45, 2.75) is 52.0 Å². The van der Waals surface area contributed by atoms with Gasteiger partial charge in [-0.1, -0.05) is 32.0 Å². The lowest BCUT2D eigenvalue weighted by molar-refractivity contribution is -0.149. The van der Waals surface area contributed by atoms with Crippen molar-refractivity contribution in [3.63, 3.8) is 0 Å². The summed E-state index contributed by atoms with van der Waals surface area (Å²) in [6, 6.07) is 8.91. The van der Waals surface area contributed by atoms with Crippen molar-refractivity contribution in [2.75, 3.05) is 13.1 Å². The number of benzene rings is 1. The molecule has 1 aromatic carbocycles. The highest BCUT2D eigenvalue weighted by Gasteiger charge is 2.46. The van der Waals surface area contributed by atoms with Crippen molar-refractivity contribution in [3.05, 3.63) is 35.9 Å². The summed E-state index contributed by atoms with van der Waals surface area (Å²) in [6.07, 6.45) is 2.18. The molecule has 0 spiro atoms. The molecule has 6 heteroatoms. The van der Waals surface area contributed by atoms with Crippen LogP contribution in [-0.2, 0) is 9.59 Å². The van der Waals surface area contributed by atoms with Gasteiger partial charge in [-0.25, -0.2) is 0 Å². The second-order valence-corrected chi connectivity index (χ2v) is 7.18. The Bertz CT molecular complexity index is 670. The SMILES string of the molecule is CCC(CC)(CNC(=O)C1(C)CCCN1C(=O)c1ccccc1)C(=O)O. The van der Waals surface area contributed by atoms with Gasteiger partial charge in [0.05, 0.1) is 5.41 Å². The second kappa shape index (κ2) is 7.89. The van der Waals surface area contributed by atoms with Crippen molar-refractivity contribution < 1.29 is 19.5 Å². The molecule has 1 unspecified atom stereocenters. The summed E-state index contributed by atoms with van der Waals surface area (Å²) in [5.41, 5.74) is -1.38.